The van der Waals surface area contributed by atoms with Crippen LogP contribution in [0, 0.1) is 0 Å². The van der Waals surface area contributed by atoms with Crippen molar-refractivity contribution in [3.05, 3.63) is 42.1 Å². The van der Waals surface area contributed by atoms with Crippen molar-refractivity contribution in [2.75, 3.05) is 19.8 Å². The molecule has 2 atom stereocenters. The molecule has 2 aromatic rings. The first-order chi connectivity index (χ1) is 12.2. The second-order valence-corrected chi connectivity index (χ2v) is 6.50. The molecule has 0 bridgehead atoms. The fraction of sp³-hybridized carbons (Fsp3) is 0.500. The van der Waals surface area contributed by atoms with Gasteiger partial charge in [-0.2, -0.15) is 0 Å². The van der Waals surface area contributed by atoms with Crippen LogP contribution in [0.2, 0.25) is 0 Å². The van der Waals surface area contributed by atoms with Crippen molar-refractivity contribution in [1.29, 1.82) is 0 Å². The van der Waals surface area contributed by atoms with E-state index in [2.05, 4.69) is 16.4 Å². The third-order valence-corrected chi connectivity index (χ3v) is 4.59. The molecule has 1 N–H and O–H groups in total. The molecular formula is C20H26N2O3. The summed E-state index contributed by atoms with van der Waals surface area (Å²) in [5.41, 5.74) is 2.14. The van der Waals surface area contributed by atoms with Gasteiger partial charge in [0.25, 0.3) is 0 Å². The summed E-state index contributed by atoms with van der Waals surface area (Å²) in [5, 5.41) is 4.07. The van der Waals surface area contributed by atoms with Crippen LogP contribution in [0.15, 0.2) is 36.5 Å². The predicted molar refractivity (Wildman–Crippen MR) is 97.5 cm³/mol. The van der Waals surface area contributed by atoms with Crippen LogP contribution < -0.4 is 5.32 Å². The van der Waals surface area contributed by atoms with Crippen LogP contribution in [0.3, 0.4) is 0 Å². The average Bonchev–Trinajstić information content (AvgIpc) is 2.67. The highest BCUT2D eigenvalue weighted by Gasteiger charge is 2.18. The zero-order chi connectivity index (χ0) is 17.5. The van der Waals surface area contributed by atoms with Gasteiger partial charge in [-0.25, -0.2) is 0 Å². The van der Waals surface area contributed by atoms with Gasteiger partial charge < -0.3 is 14.8 Å². The number of para-hydroxylation sites is 1. The molecule has 0 spiro atoms. The fourth-order valence-corrected chi connectivity index (χ4v) is 3.10. The number of amides is 1. The number of carbonyl (C=O) groups is 1. The molecule has 5 heteroatoms. The van der Waals surface area contributed by atoms with Gasteiger partial charge in [0.05, 0.1) is 18.2 Å². The first-order valence-corrected chi connectivity index (χ1v) is 9.07. The van der Waals surface area contributed by atoms with E-state index in [-0.39, 0.29) is 12.0 Å². The molecule has 1 aliphatic heterocycles. The number of hydrogen-bond acceptors (Lipinski definition) is 4. The lowest BCUT2D eigenvalue weighted by Gasteiger charge is -2.23. The van der Waals surface area contributed by atoms with Gasteiger partial charge in [0, 0.05) is 24.7 Å². The Morgan fingerprint density at radius 1 is 1.36 bits per heavy atom. The second-order valence-electron chi connectivity index (χ2n) is 6.50. The molecule has 1 aromatic carbocycles. The summed E-state index contributed by atoms with van der Waals surface area (Å²) >= 11 is 0. The molecule has 0 aliphatic carbocycles. The third-order valence-electron chi connectivity index (χ3n) is 4.59. The third kappa shape index (κ3) is 5.00. The predicted octanol–water partition coefficient (Wildman–Crippen LogP) is 2.87. The van der Waals surface area contributed by atoms with Gasteiger partial charge in [-0.1, -0.05) is 24.3 Å². The SMILES string of the molecule is C[C@H](OC[C@H]1CCCCO1)C(=O)NCCc1cccc2cccnc12. The van der Waals surface area contributed by atoms with Crippen LogP contribution in [0.5, 0.6) is 0 Å². The summed E-state index contributed by atoms with van der Waals surface area (Å²) in [7, 11) is 0. The molecule has 0 radical (unpaired) electrons. The van der Waals surface area contributed by atoms with Crippen molar-refractivity contribution in [3.63, 3.8) is 0 Å². The highest BCUT2D eigenvalue weighted by molar-refractivity contribution is 5.82. The number of rotatable bonds is 7. The summed E-state index contributed by atoms with van der Waals surface area (Å²) in [6, 6.07) is 10.1. The van der Waals surface area contributed by atoms with Gasteiger partial charge in [-0.15, -0.1) is 0 Å². The van der Waals surface area contributed by atoms with Crippen LogP contribution in [0.25, 0.3) is 10.9 Å². The van der Waals surface area contributed by atoms with Gasteiger partial charge in [-0.3, -0.25) is 9.78 Å². The number of aromatic nitrogens is 1. The Morgan fingerprint density at radius 3 is 3.08 bits per heavy atom. The van der Waals surface area contributed by atoms with Gasteiger partial charge >= 0.3 is 0 Å². The second kappa shape index (κ2) is 8.92. The molecule has 1 fully saturated rings. The van der Waals surface area contributed by atoms with Crippen LogP contribution >= 0.6 is 0 Å². The molecule has 1 aromatic heterocycles. The molecule has 3 rings (SSSR count). The smallest absolute Gasteiger partial charge is 0.248 e. The molecule has 1 amide bonds. The molecule has 0 unspecified atom stereocenters. The number of pyridine rings is 1. The largest absolute Gasteiger partial charge is 0.376 e. The minimum atomic E-state index is -0.462. The highest BCUT2D eigenvalue weighted by atomic mass is 16.5. The lowest BCUT2D eigenvalue weighted by molar-refractivity contribution is -0.135. The van der Waals surface area contributed by atoms with Gasteiger partial charge in [0.1, 0.15) is 6.10 Å². The van der Waals surface area contributed by atoms with Crippen molar-refractivity contribution >= 4 is 16.8 Å². The molecule has 134 valence electrons. The Morgan fingerprint density at radius 2 is 2.24 bits per heavy atom. The van der Waals surface area contributed by atoms with Crippen molar-refractivity contribution in [2.45, 2.75) is 44.8 Å². The zero-order valence-electron chi connectivity index (χ0n) is 14.7. The van der Waals surface area contributed by atoms with E-state index < -0.39 is 6.10 Å². The lowest BCUT2D eigenvalue weighted by atomic mass is 10.1. The van der Waals surface area contributed by atoms with Crippen molar-refractivity contribution in [2.24, 2.45) is 0 Å². The summed E-state index contributed by atoms with van der Waals surface area (Å²) in [5.74, 6) is -0.0796. The van der Waals surface area contributed by atoms with Crippen LogP contribution in [0.1, 0.15) is 31.7 Å². The first kappa shape index (κ1) is 17.8. The maximum Gasteiger partial charge on any atom is 0.248 e. The maximum absolute atomic E-state index is 12.2. The number of carbonyl (C=O) groups excluding carboxylic acids is 1. The summed E-state index contributed by atoms with van der Waals surface area (Å²) in [6.45, 7) is 3.65. The van der Waals surface area contributed by atoms with E-state index in [0.29, 0.717) is 13.2 Å². The Kier molecular flexibility index (Phi) is 6.36. The minimum absolute atomic E-state index is 0.0796. The molecular weight excluding hydrogens is 316 g/mol. The Bertz CT molecular complexity index is 693. The number of hydrogen-bond donors (Lipinski definition) is 1. The molecule has 25 heavy (non-hydrogen) atoms. The zero-order valence-corrected chi connectivity index (χ0v) is 14.7. The van der Waals surface area contributed by atoms with Gasteiger partial charge in [-0.05, 0) is 44.2 Å². The maximum atomic E-state index is 12.2. The Hall–Kier alpha value is -1.98. The van der Waals surface area contributed by atoms with E-state index >= 15 is 0 Å². The van der Waals surface area contributed by atoms with E-state index in [9.17, 15) is 4.79 Å². The molecule has 1 saturated heterocycles. The molecule has 2 heterocycles. The summed E-state index contributed by atoms with van der Waals surface area (Å²) in [4.78, 5) is 16.6. The molecule has 0 saturated carbocycles. The van der Waals surface area contributed by atoms with Crippen LogP contribution in [-0.4, -0.2) is 42.9 Å². The molecule has 1 aliphatic rings. The van der Waals surface area contributed by atoms with Crippen LogP contribution in [-0.2, 0) is 20.7 Å². The highest BCUT2D eigenvalue weighted by Crippen LogP contribution is 2.16. The van der Waals surface area contributed by atoms with E-state index in [4.69, 9.17) is 9.47 Å². The fourth-order valence-electron chi connectivity index (χ4n) is 3.10. The van der Waals surface area contributed by atoms with Crippen molar-refractivity contribution in [3.8, 4) is 0 Å². The van der Waals surface area contributed by atoms with E-state index in [1.807, 2.05) is 24.3 Å². The van der Waals surface area contributed by atoms with Crippen molar-refractivity contribution in [1.82, 2.24) is 10.3 Å². The monoisotopic (exact) mass is 342 g/mol. The van der Waals surface area contributed by atoms with Crippen LogP contribution in [0.4, 0.5) is 0 Å². The number of nitrogens with one attached hydrogen (secondary N) is 1. The Balaban J connectivity index is 1.43. The average molecular weight is 342 g/mol. The van der Waals surface area contributed by atoms with Crippen molar-refractivity contribution < 1.29 is 14.3 Å². The van der Waals surface area contributed by atoms with E-state index in [1.165, 1.54) is 6.42 Å². The summed E-state index contributed by atoms with van der Waals surface area (Å²) in [6.07, 6.45) is 5.53. The number of ether oxygens (including phenoxy) is 2. The lowest BCUT2D eigenvalue weighted by Crippen LogP contribution is -2.37. The number of benzene rings is 1. The molecule has 5 nitrogen and oxygen atoms in total. The topological polar surface area (TPSA) is 60.5 Å². The minimum Gasteiger partial charge on any atom is -0.376 e. The first-order valence-electron chi connectivity index (χ1n) is 9.07. The van der Waals surface area contributed by atoms with Gasteiger partial charge in [0.15, 0.2) is 0 Å². The summed E-state index contributed by atoms with van der Waals surface area (Å²) < 4.78 is 11.3. The van der Waals surface area contributed by atoms with Gasteiger partial charge in [0.2, 0.25) is 5.91 Å². The van der Waals surface area contributed by atoms with E-state index in [0.717, 1.165) is 42.3 Å². The Labute approximate surface area is 148 Å². The number of fused-ring (bicyclic) bond motifs is 1. The normalized spacial score (nSPS) is 18.8. The number of nitrogens with zero attached hydrogens (tertiary/aromatic N) is 1. The standard InChI is InChI=1S/C20H26N2O3/c1-15(25-14-18-9-2-3-13-24-18)20(23)22-12-10-17-7-4-6-16-8-5-11-21-19(16)17/h4-8,11,15,18H,2-3,9-10,12-14H2,1H3,(H,22,23)/t15-,18+/m0/s1. The quantitative estimate of drug-likeness (QED) is 0.840. The van der Waals surface area contributed by atoms with E-state index in [1.54, 1.807) is 13.1 Å².